The molecular weight excluding hydrogens is 262 g/mol. The molecule has 5 nitrogen and oxygen atoms in total. The Morgan fingerprint density at radius 3 is 2.32 bits per heavy atom. The molecule has 1 aromatic carbocycles. The Morgan fingerprint density at radius 2 is 1.74 bits per heavy atom. The van der Waals surface area contributed by atoms with Crippen molar-refractivity contribution in [1.82, 2.24) is 10.2 Å². The van der Waals surface area contributed by atoms with Gasteiger partial charge in [-0.2, -0.15) is 0 Å². The zero-order valence-electron chi connectivity index (χ0n) is 10.3. The van der Waals surface area contributed by atoms with Gasteiger partial charge >= 0.3 is 0 Å². The van der Waals surface area contributed by atoms with Gasteiger partial charge < -0.3 is 0 Å². The molecule has 6 heteroatoms. The summed E-state index contributed by atoms with van der Waals surface area (Å²) in [6.45, 7) is 2.04. The van der Waals surface area contributed by atoms with E-state index in [9.17, 15) is 9.59 Å². The number of aryl methyl sites for hydroxylation is 1. The molecule has 0 fully saturated rings. The molecular formula is C13H11N3O2S. The van der Waals surface area contributed by atoms with E-state index >= 15 is 0 Å². The smallest absolute Gasteiger partial charge is 0.268 e. The van der Waals surface area contributed by atoms with E-state index in [1.807, 2.05) is 6.92 Å². The minimum absolute atomic E-state index is 0.320. The molecule has 0 bridgehead atoms. The number of nitrogens with zero attached hydrogens (tertiary/aromatic N) is 3. The lowest BCUT2D eigenvalue weighted by atomic mass is 10.1. The molecule has 96 valence electrons. The third-order valence-corrected chi connectivity index (χ3v) is 3.87. The van der Waals surface area contributed by atoms with Crippen LogP contribution in [0.5, 0.6) is 0 Å². The first-order valence-electron chi connectivity index (χ1n) is 6.02. The molecule has 3 rings (SSSR count). The standard InChI is InChI=1S/C13H11N3O2S/c1-2-5-10-14-15-13(19-10)16-11(17)8-6-3-4-7-9(8)12(16)18/h3-4,6-7H,2,5H2,1H3. The molecule has 19 heavy (non-hydrogen) atoms. The maximum atomic E-state index is 12.2. The van der Waals surface area contributed by atoms with Crippen molar-refractivity contribution in [2.75, 3.05) is 4.90 Å². The summed E-state index contributed by atoms with van der Waals surface area (Å²) in [5.74, 6) is -0.639. The highest BCUT2D eigenvalue weighted by atomic mass is 32.1. The van der Waals surface area contributed by atoms with Crippen LogP contribution >= 0.6 is 11.3 Å². The number of fused-ring (bicyclic) bond motifs is 1. The van der Waals surface area contributed by atoms with Gasteiger partial charge in [-0.3, -0.25) is 9.59 Å². The molecule has 2 aromatic rings. The first-order chi connectivity index (χ1) is 9.22. The number of hydrogen-bond acceptors (Lipinski definition) is 5. The van der Waals surface area contributed by atoms with E-state index in [0.717, 1.165) is 22.7 Å². The van der Waals surface area contributed by atoms with Crippen LogP contribution in [0.25, 0.3) is 0 Å². The monoisotopic (exact) mass is 273 g/mol. The van der Waals surface area contributed by atoms with E-state index in [1.165, 1.54) is 11.3 Å². The predicted octanol–water partition coefficient (Wildman–Crippen LogP) is 2.29. The van der Waals surface area contributed by atoms with Gasteiger partial charge in [0.1, 0.15) is 5.01 Å². The van der Waals surface area contributed by atoms with E-state index in [-0.39, 0.29) is 11.8 Å². The molecule has 0 atom stereocenters. The Kier molecular flexibility index (Phi) is 2.87. The lowest BCUT2D eigenvalue weighted by Gasteiger charge is -2.07. The summed E-state index contributed by atoms with van der Waals surface area (Å²) < 4.78 is 0. The van der Waals surface area contributed by atoms with Crippen molar-refractivity contribution in [3.8, 4) is 0 Å². The van der Waals surface area contributed by atoms with Crippen LogP contribution in [-0.4, -0.2) is 22.0 Å². The van der Waals surface area contributed by atoms with E-state index in [4.69, 9.17) is 0 Å². The highest BCUT2D eigenvalue weighted by Crippen LogP contribution is 2.30. The molecule has 1 aliphatic rings. The number of carbonyl (C=O) groups is 2. The van der Waals surface area contributed by atoms with Crippen molar-refractivity contribution >= 4 is 28.3 Å². The predicted molar refractivity (Wildman–Crippen MR) is 71.5 cm³/mol. The second-order valence-electron chi connectivity index (χ2n) is 4.22. The van der Waals surface area contributed by atoms with Crippen LogP contribution < -0.4 is 4.90 Å². The van der Waals surface area contributed by atoms with Gasteiger partial charge in [0.05, 0.1) is 11.1 Å². The van der Waals surface area contributed by atoms with Crippen LogP contribution in [0.4, 0.5) is 5.13 Å². The van der Waals surface area contributed by atoms with Crippen LogP contribution in [0.2, 0.25) is 0 Å². The van der Waals surface area contributed by atoms with Gasteiger partial charge in [-0.25, -0.2) is 4.90 Å². The number of aromatic nitrogens is 2. The molecule has 0 unspecified atom stereocenters. The number of rotatable bonds is 3. The lowest BCUT2D eigenvalue weighted by Crippen LogP contribution is -2.29. The molecule has 0 aliphatic carbocycles. The van der Waals surface area contributed by atoms with Crippen LogP contribution in [0.1, 0.15) is 39.1 Å². The highest BCUT2D eigenvalue weighted by molar-refractivity contribution is 7.15. The maximum absolute atomic E-state index is 12.2. The summed E-state index contributed by atoms with van der Waals surface area (Å²) in [4.78, 5) is 25.6. The van der Waals surface area contributed by atoms with Gasteiger partial charge in [-0.05, 0) is 18.6 Å². The fraction of sp³-hybridized carbons (Fsp3) is 0.231. The van der Waals surface area contributed by atoms with Gasteiger partial charge in [-0.15, -0.1) is 10.2 Å². The van der Waals surface area contributed by atoms with E-state index in [0.29, 0.717) is 16.3 Å². The van der Waals surface area contributed by atoms with Crippen molar-refractivity contribution in [2.45, 2.75) is 19.8 Å². The largest absolute Gasteiger partial charge is 0.268 e. The fourth-order valence-electron chi connectivity index (χ4n) is 2.01. The zero-order chi connectivity index (χ0) is 13.4. The van der Waals surface area contributed by atoms with Crippen LogP contribution in [0.3, 0.4) is 0 Å². The summed E-state index contributed by atoms with van der Waals surface area (Å²) in [5.41, 5.74) is 0.861. The van der Waals surface area contributed by atoms with E-state index in [2.05, 4.69) is 10.2 Å². The quantitative estimate of drug-likeness (QED) is 0.805. The Morgan fingerprint density at radius 1 is 1.11 bits per heavy atom. The second-order valence-corrected chi connectivity index (χ2v) is 5.26. The summed E-state index contributed by atoms with van der Waals surface area (Å²) in [5, 5.41) is 9.16. The summed E-state index contributed by atoms with van der Waals surface area (Å²) in [6, 6.07) is 6.80. The topological polar surface area (TPSA) is 63.2 Å². The molecule has 0 radical (unpaired) electrons. The summed E-state index contributed by atoms with van der Waals surface area (Å²) in [6.07, 6.45) is 1.76. The van der Waals surface area contributed by atoms with Gasteiger partial charge in [0.25, 0.3) is 11.8 Å². The van der Waals surface area contributed by atoms with Crippen molar-refractivity contribution in [3.63, 3.8) is 0 Å². The SMILES string of the molecule is CCCc1nnc(N2C(=O)c3ccccc3C2=O)s1. The Hall–Kier alpha value is -2.08. The third kappa shape index (κ3) is 1.84. The van der Waals surface area contributed by atoms with Crippen LogP contribution in [-0.2, 0) is 6.42 Å². The molecule has 1 aliphatic heterocycles. The molecule has 2 amide bonds. The number of imide groups is 1. The van der Waals surface area contributed by atoms with Crippen molar-refractivity contribution in [3.05, 3.63) is 40.4 Å². The molecule has 0 N–H and O–H groups in total. The Labute approximate surface area is 113 Å². The van der Waals surface area contributed by atoms with Crippen molar-refractivity contribution in [2.24, 2.45) is 0 Å². The molecule has 0 saturated heterocycles. The number of amides is 2. The van der Waals surface area contributed by atoms with E-state index in [1.54, 1.807) is 24.3 Å². The molecule has 0 saturated carbocycles. The number of hydrogen-bond donors (Lipinski definition) is 0. The molecule has 0 spiro atoms. The summed E-state index contributed by atoms with van der Waals surface area (Å²) >= 11 is 1.29. The normalized spacial score (nSPS) is 14.1. The van der Waals surface area contributed by atoms with Gasteiger partial charge in [0.2, 0.25) is 5.13 Å². The minimum atomic E-state index is -0.320. The van der Waals surface area contributed by atoms with Gasteiger partial charge in [-0.1, -0.05) is 30.4 Å². The zero-order valence-corrected chi connectivity index (χ0v) is 11.1. The van der Waals surface area contributed by atoms with Crippen LogP contribution in [0.15, 0.2) is 24.3 Å². The Bertz CT molecular complexity index is 630. The first kappa shape index (κ1) is 12.0. The first-order valence-corrected chi connectivity index (χ1v) is 6.84. The highest BCUT2D eigenvalue weighted by Gasteiger charge is 2.38. The molecule has 2 heterocycles. The number of benzene rings is 1. The number of anilines is 1. The fourth-order valence-corrected chi connectivity index (χ4v) is 2.95. The van der Waals surface area contributed by atoms with E-state index < -0.39 is 0 Å². The minimum Gasteiger partial charge on any atom is -0.268 e. The Balaban J connectivity index is 1.99. The van der Waals surface area contributed by atoms with Crippen molar-refractivity contribution < 1.29 is 9.59 Å². The average Bonchev–Trinajstić information content (AvgIpc) is 2.96. The average molecular weight is 273 g/mol. The van der Waals surface area contributed by atoms with Crippen molar-refractivity contribution in [1.29, 1.82) is 0 Å². The van der Waals surface area contributed by atoms with Crippen LogP contribution in [0, 0.1) is 0 Å². The molecule has 1 aromatic heterocycles. The van der Waals surface area contributed by atoms with Gasteiger partial charge in [0, 0.05) is 6.42 Å². The lowest BCUT2D eigenvalue weighted by molar-refractivity contribution is 0.0926. The maximum Gasteiger partial charge on any atom is 0.268 e. The third-order valence-electron chi connectivity index (χ3n) is 2.91. The second kappa shape index (κ2) is 4.55. The summed E-state index contributed by atoms with van der Waals surface area (Å²) in [7, 11) is 0. The number of carbonyl (C=O) groups excluding carboxylic acids is 2. The van der Waals surface area contributed by atoms with Gasteiger partial charge in [0.15, 0.2) is 0 Å².